The van der Waals surface area contributed by atoms with Crippen LogP contribution in [0.15, 0.2) is 75.0 Å². The molecule has 0 aliphatic rings. The summed E-state index contributed by atoms with van der Waals surface area (Å²) in [6.07, 6.45) is 3.11. The van der Waals surface area contributed by atoms with Gasteiger partial charge in [-0.05, 0) is 60.9 Å². The van der Waals surface area contributed by atoms with Crippen molar-refractivity contribution in [1.82, 2.24) is 9.66 Å². The van der Waals surface area contributed by atoms with Gasteiger partial charge >= 0.3 is 0 Å². The van der Waals surface area contributed by atoms with Gasteiger partial charge in [0.05, 0.1) is 22.1 Å². The molecular weight excluding hydrogens is 502 g/mol. The number of benzene rings is 3. The Bertz CT molecular complexity index is 1400. The lowest BCUT2D eigenvalue weighted by molar-refractivity contribution is 0.306. The van der Waals surface area contributed by atoms with Gasteiger partial charge < -0.3 is 4.74 Å². The van der Waals surface area contributed by atoms with E-state index in [1.54, 1.807) is 18.3 Å². The van der Waals surface area contributed by atoms with E-state index in [0.29, 0.717) is 40.5 Å². The number of nitrogens with zero attached hydrogens (tertiary/aromatic N) is 3. The molecule has 0 saturated heterocycles. The van der Waals surface area contributed by atoms with Crippen LogP contribution in [0.1, 0.15) is 35.9 Å². The number of fused-ring (bicyclic) bond motifs is 1. The van der Waals surface area contributed by atoms with Crippen LogP contribution < -0.4 is 10.3 Å². The van der Waals surface area contributed by atoms with E-state index in [0.717, 1.165) is 22.0 Å². The third kappa shape index (κ3) is 5.52. The van der Waals surface area contributed by atoms with Crippen LogP contribution in [0.4, 0.5) is 0 Å². The van der Waals surface area contributed by atoms with Gasteiger partial charge in [0.15, 0.2) is 0 Å². The summed E-state index contributed by atoms with van der Waals surface area (Å²) in [6.45, 7) is 4.52. The minimum absolute atomic E-state index is 0.204. The van der Waals surface area contributed by atoms with Gasteiger partial charge in [0, 0.05) is 10.9 Å². The van der Waals surface area contributed by atoms with Crippen molar-refractivity contribution in [2.45, 2.75) is 33.3 Å². The zero-order chi connectivity index (χ0) is 23.4. The molecule has 33 heavy (non-hydrogen) atoms. The molecule has 1 aromatic heterocycles. The zero-order valence-electron chi connectivity index (χ0n) is 18.4. The van der Waals surface area contributed by atoms with E-state index in [1.807, 2.05) is 56.3 Å². The highest BCUT2D eigenvalue weighted by atomic mass is 79.9. The Morgan fingerprint density at radius 3 is 2.76 bits per heavy atom. The molecule has 7 heteroatoms. The summed E-state index contributed by atoms with van der Waals surface area (Å²) < 4.78 is 8.07. The SMILES string of the molecule is CCCc1nc2ccc(Br)cc2c(=O)n1N=Cc1ccc(OCc2cccc(C)c2)c(Cl)c1. The van der Waals surface area contributed by atoms with Crippen molar-refractivity contribution in [3.63, 3.8) is 0 Å². The monoisotopic (exact) mass is 523 g/mol. The van der Waals surface area contributed by atoms with Crippen LogP contribution in [0.3, 0.4) is 0 Å². The van der Waals surface area contributed by atoms with Crippen molar-refractivity contribution in [3.05, 3.63) is 103 Å². The summed E-state index contributed by atoms with van der Waals surface area (Å²) in [4.78, 5) is 17.8. The first-order valence-corrected chi connectivity index (χ1v) is 11.8. The number of ether oxygens (including phenoxy) is 1. The normalized spacial score (nSPS) is 11.4. The lowest BCUT2D eigenvalue weighted by Crippen LogP contribution is -2.22. The predicted octanol–water partition coefficient (Wildman–Crippen LogP) is 6.53. The maximum Gasteiger partial charge on any atom is 0.282 e. The summed E-state index contributed by atoms with van der Waals surface area (Å²) in [5.41, 5.74) is 3.48. The minimum Gasteiger partial charge on any atom is -0.487 e. The number of halogens is 2. The predicted molar refractivity (Wildman–Crippen MR) is 138 cm³/mol. The van der Waals surface area contributed by atoms with Gasteiger partial charge in [-0.25, -0.2) is 4.98 Å². The molecule has 0 saturated carbocycles. The maximum absolute atomic E-state index is 13.1. The highest BCUT2D eigenvalue weighted by molar-refractivity contribution is 9.10. The molecule has 4 rings (SSSR count). The summed E-state index contributed by atoms with van der Waals surface area (Å²) in [6, 6.07) is 19.1. The molecule has 0 bridgehead atoms. The lowest BCUT2D eigenvalue weighted by Gasteiger charge is -2.10. The van der Waals surface area contributed by atoms with Crippen LogP contribution in [0.5, 0.6) is 5.75 Å². The molecule has 0 aliphatic carbocycles. The number of hydrogen-bond donors (Lipinski definition) is 0. The van der Waals surface area contributed by atoms with Gasteiger partial charge in [0.1, 0.15) is 18.2 Å². The fourth-order valence-corrected chi connectivity index (χ4v) is 4.11. The molecule has 0 N–H and O–H groups in total. The number of aryl methyl sites for hydroxylation is 2. The molecule has 0 fully saturated rings. The molecule has 0 amide bonds. The van der Waals surface area contributed by atoms with E-state index in [2.05, 4.69) is 32.1 Å². The van der Waals surface area contributed by atoms with Gasteiger partial charge in [-0.2, -0.15) is 9.78 Å². The van der Waals surface area contributed by atoms with E-state index >= 15 is 0 Å². The largest absolute Gasteiger partial charge is 0.487 e. The quantitative estimate of drug-likeness (QED) is 0.258. The summed E-state index contributed by atoms with van der Waals surface area (Å²) in [5, 5.41) is 5.44. The lowest BCUT2D eigenvalue weighted by atomic mass is 10.1. The van der Waals surface area contributed by atoms with Crippen LogP contribution in [0.2, 0.25) is 5.02 Å². The first-order chi connectivity index (χ1) is 15.9. The molecule has 5 nitrogen and oxygen atoms in total. The molecule has 0 radical (unpaired) electrons. The van der Waals surface area contributed by atoms with Crippen molar-refractivity contribution >= 4 is 44.6 Å². The van der Waals surface area contributed by atoms with Crippen molar-refractivity contribution in [2.75, 3.05) is 0 Å². The molecule has 0 spiro atoms. The highest BCUT2D eigenvalue weighted by Crippen LogP contribution is 2.26. The highest BCUT2D eigenvalue weighted by Gasteiger charge is 2.11. The Morgan fingerprint density at radius 1 is 1.15 bits per heavy atom. The van der Waals surface area contributed by atoms with Gasteiger partial charge in [0.2, 0.25) is 0 Å². The fourth-order valence-electron chi connectivity index (χ4n) is 3.50. The molecule has 3 aromatic carbocycles. The van der Waals surface area contributed by atoms with E-state index in [4.69, 9.17) is 16.3 Å². The van der Waals surface area contributed by atoms with Crippen LogP contribution in [0, 0.1) is 6.92 Å². The Labute approximate surface area is 205 Å². The standard InChI is InChI=1S/C26H23BrClN3O2/c1-3-5-25-30-23-10-9-20(27)14-21(23)26(32)31(25)29-15-18-8-11-24(22(28)13-18)33-16-19-7-4-6-17(2)12-19/h4,6-15H,3,5,16H2,1-2H3. The first kappa shape index (κ1) is 23.2. The van der Waals surface area contributed by atoms with Crippen molar-refractivity contribution < 1.29 is 4.74 Å². The van der Waals surface area contributed by atoms with E-state index in [9.17, 15) is 4.79 Å². The van der Waals surface area contributed by atoms with Crippen LogP contribution in [-0.4, -0.2) is 15.9 Å². The van der Waals surface area contributed by atoms with Crippen molar-refractivity contribution in [3.8, 4) is 5.75 Å². The molecule has 4 aromatic rings. The van der Waals surface area contributed by atoms with Crippen LogP contribution in [-0.2, 0) is 13.0 Å². The third-order valence-corrected chi connectivity index (χ3v) is 5.89. The summed E-state index contributed by atoms with van der Waals surface area (Å²) in [5.74, 6) is 1.22. The fraction of sp³-hybridized carbons (Fsp3) is 0.192. The topological polar surface area (TPSA) is 56.5 Å². The third-order valence-electron chi connectivity index (χ3n) is 5.10. The molecule has 168 valence electrons. The van der Waals surface area contributed by atoms with E-state index < -0.39 is 0 Å². The van der Waals surface area contributed by atoms with E-state index in [1.165, 1.54) is 10.2 Å². The number of aromatic nitrogens is 2. The average Bonchev–Trinajstić information content (AvgIpc) is 2.79. The van der Waals surface area contributed by atoms with Gasteiger partial charge in [-0.3, -0.25) is 4.79 Å². The second kappa shape index (κ2) is 10.3. The van der Waals surface area contributed by atoms with Gasteiger partial charge in [-0.1, -0.05) is 64.3 Å². The number of hydrogen-bond acceptors (Lipinski definition) is 4. The first-order valence-electron chi connectivity index (χ1n) is 10.7. The van der Waals surface area contributed by atoms with E-state index in [-0.39, 0.29) is 5.56 Å². The second-order valence-electron chi connectivity index (χ2n) is 7.77. The Kier molecular flexibility index (Phi) is 7.26. The molecule has 1 heterocycles. The van der Waals surface area contributed by atoms with Gasteiger partial charge in [0.25, 0.3) is 5.56 Å². The average molecular weight is 525 g/mol. The molecule has 0 unspecified atom stereocenters. The number of rotatable bonds is 7. The van der Waals surface area contributed by atoms with Crippen molar-refractivity contribution in [1.29, 1.82) is 0 Å². The molecular formula is C26H23BrClN3O2. The summed E-state index contributed by atoms with van der Waals surface area (Å²) in [7, 11) is 0. The minimum atomic E-state index is -0.204. The zero-order valence-corrected chi connectivity index (χ0v) is 20.7. The Morgan fingerprint density at radius 2 is 2.00 bits per heavy atom. The van der Waals surface area contributed by atoms with Crippen LogP contribution in [0.25, 0.3) is 10.9 Å². The Balaban J connectivity index is 1.59. The maximum atomic E-state index is 13.1. The van der Waals surface area contributed by atoms with Crippen molar-refractivity contribution in [2.24, 2.45) is 5.10 Å². The molecule has 0 atom stereocenters. The van der Waals surface area contributed by atoms with Gasteiger partial charge in [-0.15, -0.1) is 0 Å². The Hall–Kier alpha value is -2.96. The molecule has 0 aliphatic heterocycles. The van der Waals surface area contributed by atoms with Crippen LogP contribution >= 0.6 is 27.5 Å². The smallest absolute Gasteiger partial charge is 0.282 e. The summed E-state index contributed by atoms with van der Waals surface area (Å²) >= 11 is 9.86. The second-order valence-corrected chi connectivity index (χ2v) is 9.09.